The summed E-state index contributed by atoms with van der Waals surface area (Å²) in [4.78, 5) is 10.7. The first-order valence-corrected chi connectivity index (χ1v) is 6.12. The Labute approximate surface area is 94.3 Å². The van der Waals surface area contributed by atoms with Gasteiger partial charge in [0, 0.05) is 15.9 Å². The molecule has 76 valence electrons. The number of nitrogens with one attached hydrogen (secondary N) is 1. The molecule has 0 spiro atoms. The molecular weight excluding hydrogens is 266 g/mol. The van der Waals surface area contributed by atoms with Gasteiger partial charge in [0.1, 0.15) is 6.04 Å². The number of hydrogen-bond acceptors (Lipinski definition) is 3. The van der Waals surface area contributed by atoms with Crippen molar-refractivity contribution in [2.24, 2.45) is 0 Å². The average molecular weight is 276 g/mol. The zero-order valence-electron chi connectivity index (χ0n) is 7.37. The molecule has 0 saturated carbocycles. The maximum atomic E-state index is 10.7. The van der Waals surface area contributed by atoms with Gasteiger partial charge in [0.2, 0.25) is 0 Å². The molecule has 2 N–H and O–H groups in total. The van der Waals surface area contributed by atoms with E-state index in [2.05, 4.69) is 26.6 Å². The molecule has 0 radical (unpaired) electrons. The fourth-order valence-electron chi connectivity index (χ4n) is 1.72. The summed E-state index contributed by atoms with van der Waals surface area (Å²) >= 11 is 5.08. The first-order valence-electron chi connectivity index (χ1n) is 4.39. The molecule has 5 heteroatoms. The van der Waals surface area contributed by atoms with Crippen molar-refractivity contribution in [3.8, 4) is 0 Å². The highest BCUT2D eigenvalue weighted by Gasteiger charge is 2.30. The number of carboxylic acid groups (broad SMARTS) is 1. The molecule has 1 aliphatic heterocycles. The molecule has 2 rings (SSSR count). The van der Waals surface area contributed by atoms with Crippen LogP contribution in [0.1, 0.15) is 24.4 Å². The maximum absolute atomic E-state index is 10.7. The van der Waals surface area contributed by atoms with E-state index in [4.69, 9.17) is 5.11 Å². The molecule has 2 atom stereocenters. The Hall–Kier alpha value is -0.390. The second-order valence-corrected chi connectivity index (χ2v) is 4.96. The smallest absolute Gasteiger partial charge is 0.320 e. The van der Waals surface area contributed by atoms with Gasteiger partial charge in [-0.05, 0) is 39.7 Å². The van der Waals surface area contributed by atoms with Crippen LogP contribution >= 0.6 is 27.3 Å². The Morgan fingerprint density at radius 1 is 1.57 bits per heavy atom. The Bertz CT molecular complexity index is 352. The van der Waals surface area contributed by atoms with E-state index in [9.17, 15) is 4.79 Å². The summed E-state index contributed by atoms with van der Waals surface area (Å²) in [5, 5.41) is 16.0. The Morgan fingerprint density at radius 2 is 2.36 bits per heavy atom. The molecule has 1 saturated heterocycles. The summed E-state index contributed by atoms with van der Waals surface area (Å²) in [7, 11) is 0. The second-order valence-electron chi connectivity index (χ2n) is 3.36. The van der Waals surface area contributed by atoms with Gasteiger partial charge in [-0.2, -0.15) is 11.3 Å². The van der Waals surface area contributed by atoms with Crippen molar-refractivity contribution in [3.63, 3.8) is 0 Å². The molecule has 1 aromatic rings. The van der Waals surface area contributed by atoms with Crippen LogP contribution in [0.2, 0.25) is 0 Å². The number of aliphatic carboxylic acids is 1. The lowest BCUT2D eigenvalue weighted by molar-refractivity contribution is -0.139. The fraction of sp³-hybridized carbons (Fsp3) is 0.444. The highest BCUT2D eigenvalue weighted by molar-refractivity contribution is 9.10. The second kappa shape index (κ2) is 4.00. The minimum Gasteiger partial charge on any atom is -0.480 e. The fourth-order valence-corrected chi connectivity index (χ4v) is 3.35. The minimum atomic E-state index is -0.751. The summed E-state index contributed by atoms with van der Waals surface area (Å²) in [5.74, 6) is -0.751. The topological polar surface area (TPSA) is 49.3 Å². The monoisotopic (exact) mass is 275 g/mol. The quantitative estimate of drug-likeness (QED) is 0.872. The van der Waals surface area contributed by atoms with Crippen LogP contribution < -0.4 is 5.32 Å². The third-order valence-corrected chi connectivity index (χ3v) is 4.21. The normalized spacial score (nSPS) is 26.6. The maximum Gasteiger partial charge on any atom is 0.320 e. The number of carbonyl (C=O) groups is 1. The van der Waals surface area contributed by atoms with Crippen LogP contribution in [0, 0.1) is 0 Å². The molecule has 1 aromatic heterocycles. The minimum absolute atomic E-state index is 0.191. The van der Waals surface area contributed by atoms with Crippen LogP contribution in [0.25, 0.3) is 0 Å². The number of thiophene rings is 1. The molecule has 0 amide bonds. The highest BCUT2D eigenvalue weighted by atomic mass is 79.9. The van der Waals surface area contributed by atoms with E-state index in [-0.39, 0.29) is 12.1 Å². The van der Waals surface area contributed by atoms with E-state index in [1.807, 2.05) is 5.38 Å². The van der Waals surface area contributed by atoms with E-state index < -0.39 is 5.97 Å². The van der Waals surface area contributed by atoms with E-state index in [1.165, 1.54) is 5.56 Å². The molecule has 0 bridgehead atoms. The van der Waals surface area contributed by atoms with E-state index in [1.54, 1.807) is 11.3 Å². The Morgan fingerprint density at radius 3 is 2.86 bits per heavy atom. The Balaban J connectivity index is 2.10. The van der Waals surface area contributed by atoms with Crippen LogP contribution in [0.15, 0.2) is 15.2 Å². The summed E-state index contributed by atoms with van der Waals surface area (Å²) in [6.07, 6.45) is 1.61. The summed E-state index contributed by atoms with van der Waals surface area (Å²) < 4.78 is 1.08. The largest absolute Gasteiger partial charge is 0.480 e. The summed E-state index contributed by atoms with van der Waals surface area (Å²) in [6.45, 7) is 0. The number of rotatable bonds is 2. The molecular formula is C9H10BrNO2S. The van der Waals surface area contributed by atoms with Crippen molar-refractivity contribution < 1.29 is 9.90 Å². The van der Waals surface area contributed by atoms with E-state index in [0.717, 1.165) is 10.9 Å². The van der Waals surface area contributed by atoms with Crippen LogP contribution in [-0.4, -0.2) is 17.1 Å². The molecule has 3 nitrogen and oxygen atoms in total. The number of hydrogen-bond donors (Lipinski definition) is 2. The molecule has 1 fully saturated rings. The zero-order valence-corrected chi connectivity index (χ0v) is 9.77. The van der Waals surface area contributed by atoms with E-state index in [0.29, 0.717) is 6.42 Å². The first-order chi connectivity index (χ1) is 6.68. The predicted octanol–water partition coefficient (Wildman–Crippen LogP) is 2.39. The molecule has 0 aromatic carbocycles. The van der Waals surface area contributed by atoms with Crippen LogP contribution in [0.4, 0.5) is 0 Å². The van der Waals surface area contributed by atoms with Crippen molar-refractivity contribution in [3.05, 3.63) is 20.8 Å². The summed E-state index contributed by atoms with van der Waals surface area (Å²) in [6, 6.07) is -0.191. The van der Waals surface area contributed by atoms with Gasteiger partial charge in [0.15, 0.2) is 0 Å². The SMILES string of the molecule is O=C(O)[C@H]1CC[C@H](c2cscc2Br)N1. The first kappa shape index (κ1) is 10.1. The predicted molar refractivity (Wildman–Crippen MR) is 58.6 cm³/mol. The van der Waals surface area contributed by atoms with Gasteiger partial charge in [-0.15, -0.1) is 0 Å². The molecule has 0 unspecified atom stereocenters. The molecule has 2 heterocycles. The third kappa shape index (κ3) is 1.85. The van der Waals surface area contributed by atoms with Crippen molar-refractivity contribution in [2.45, 2.75) is 24.9 Å². The lowest BCUT2D eigenvalue weighted by Gasteiger charge is -2.10. The third-order valence-electron chi connectivity index (χ3n) is 2.46. The summed E-state index contributed by atoms with van der Waals surface area (Å²) in [5.41, 5.74) is 1.18. The van der Waals surface area contributed by atoms with Gasteiger partial charge in [0.05, 0.1) is 0 Å². The van der Waals surface area contributed by atoms with Gasteiger partial charge in [0.25, 0.3) is 0 Å². The average Bonchev–Trinajstić information content (AvgIpc) is 2.71. The van der Waals surface area contributed by atoms with Crippen molar-refractivity contribution >= 4 is 33.2 Å². The Kier molecular flexibility index (Phi) is 2.90. The standard InChI is InChI=1S/C9H10BrNO2S/c10-6-4-14-3-5(6)7-1-2-8(11-7)9(12)13/h3-4,7-8,11H,1-2H2,(H,12,13)/t7-,8-/m1/s1. The van der Waals surface area contributed by atoms with Crippen molar-refractivity contribution in [1.82, 2.24) is 5.32 Å². The van der Waals surface area contributed by atoms with Gasteiger partial charge in [-0.1, -0.05) is 0 Å². The lowest BCUT2D eigenvalue weighted by Crippen LogP contribution is -2.31. The van der Waals surface area contributed by atoms with Crippen LogP contribution in [-0.2, 0) is 4.79 Å². The highest BCUT2D eigenvalue weighted by Crippen LogP contribution is 2.33. The molecule has 1 aliphatic rings. The van der Waals surface area contributed by atoms with Crippen molar-refractivity contribution in [1.29, 1.82) is 0 Å². The number of carboxylic acids is 1. The van der Waals surface area contributed by atoms with Gasteiger partial charge >= 0.3 is 5.97 Å². The lowest BCUT2D eigenvalue weighted by atomic mass is 10.1. The molecule has 14 heavy (non-hydrogen) atoms. The van der Waals surface area contributed by atoms with Crippen LogP contribution in [0.5, 0.6) is 0 Å². The molecule has 0 aliphatic carbocycles. The zero-order chi connectivity index (χ0) is 10.1. The number of halogens is 1. The van der Waals surface area contributed by atoms with Gasteiger partial charge in [-0.3, -0.25) is 10.1 Å². The van der Waals surface area contributed by atoms with Crippen molar-refractivity contribution in [2.75, 3.05) is 0 Å². The van der Waals surface area contributed by atoms with Gasteiger partial charge < -0.3 is 5.11 Å². The van der Waals surface area contributed by atoms with Crippen LogP contribution in [0.3, 0.4) is 0 Å². The van der Waals surface area contributed by atoms with E-state index >= 15 is 0 Å². The van der Waals surface area contributed by atoms with Gasteiger partial charge in [-0.25, -0.2) is 0 Å².